The molecule has 76 valence electrons. The topological polar surface area (TPSA) is 49.5 Å². The van der Waals surface area contributed by atoms with Crippen LogP contribution in [0.3, 0.4) is 0 Å². The number of hydrazine groups is 1. The molecule has 3 nitrogen and oxygen atoms in total. The van der Waals surface area contributed by atoms with Crippen molar-refractivity contribution in [2.24, 2.45) is 11.3 Å². The van der Waals surface area contributed by atoms with E-state index in [4.69, 9.17) is 11.0 Å². The Morgan fingerprint density at radius 2 is 1.86 bits per heavy atom. The van der Waals surface area contributed by atoms with E-state index >= 15 is 0 Å². The molecule has 0 radical (unpaired) electrons. The summed E-state index contributed by atoms with van der Waals surface area (Å²) in [4.78, 5) is 0. The van der Waals surface area contributed by atoms with Gasteiger partial charge in [-0.2, -0.15) is 5.17 Å². The third-order valence-corrected chi connectivity index (χ3v) is 3.07. The molecule has 1 aliphatic carbocycles. The molecule has 14 heavy (non-hydrogen) atoms. The van der Waals surface area contributed by atoms with Crippen LogP contribution in [0.15, 0.2) is 24.3 Å². The summed E-state index contributed by atoms with van der Waals surface area (Å²) >= 11 is 0. The van der Waals surface area contributed by atoms with Gasteiger partial charge in [0.1, 0.15) is 0 Å². The van der Waals surface area contributed by atoms with E-state index in [-0.39, 0.29) is 0 Å². The van der Waals surface area contributed by atoms with Crippen molar-refractivity contribution in [2.75, 3.05) is 5.17 Å². The second-order valence-electron chi connectivity index (χ2n) is 4.68. The van der Waals surface area contributed by atoms with E-state index in [1.165, 1.54) is 12.0 Å². The summed E-state index contributed by atoms with van der Waals surface area (Å²) in [6.07, 6.45) is 1.25. The zero-order valence-electron chi connectivity index (χ0n) is 8.57. The first-order valence-electron chi connectivity index (χ1n) is 4.84. The molecule has 1 aromatic rings. The fourth-order valence-corrected chi connectivity index (χ4v) is 1.90. The van der Waals surface area contributed by atoms with Crippen molar-refractivity contribution in [1.29, 1.82) is 0 Å². The van der Waals surface area contributed by atoms with Crippen LogP contribution in [-0.4, -0.2) is 5.21 Å². The van der Waals surface area contributed by atoms with Crippen molar-refractivity contribution in [2.45, 2.75) is 26.2 Å². The zero-order chi connectivity index (χ0) is 10.3. The zero-order valence-corrected chi connectivity index (χ0v) is 8.57. The summed E-state index contributed by atoms with van der Waals surface area (Å²) in [5, 5.41) is 9.62. The summed E-state index contributed by atoms with van der Waals surface area (Å²) in [6.45, 7) is 4.54. The van der Waals surface area contributed by atoms with Gasteiger partial charge < -0.3 is 0 Å². The van der Waals surface area contributed by atoms with Gasteiger partial charge in [-0.15, -0.1) is 0 Å². The van der Waals surface area contributed by atoms with Crippen molar-refractivity contribution in [3.05, 3.63) is 29.8 Å². The summed E-state index contributed by atoms with van der Waals surface area (Å²) in [7, 11) is 0. The number of rotatable bonds is 2. The maximum absolute atomic E-state index is 8.98. The van der Waals surface area contributed by atoms with Crippen LogP contribution in [0.25, 0.3) is 0 Å². The minimum Gasteiger partial charge on any atom is -0.273 e. The van der Waals surface area contributed by atoms with Crippen molar-refractivity contribution in [3.63, 3.8) is 0 Å². The van der Waals surface area contributed by atoms with Gasteiger partial charge >= 0.3 is 0 Å². The molecule has 0 aromatic heterocycles. The van der Waals surface area contributed by atoms with Crippen LogP contribution in [0.5, 0.6) is 0 Å². The molecular weight excluding hydrogens is 176 g/mol. The van der Waals surface area contributed by atoms with E-state index in [1.807, 2.05) is 24.3 Å². The number of anilines is 1. The standard InChI is InChI=1S/C11H16N2O/c1-11(2)7-10(11)8-3-5-9(6-4-8)13(12)14/h3-6,10,14H,7,12H2,1-2H3. The number of benzene rings is 1. The number of nitrogens with zero attached hydrogens (tertiary/aromatic N) is 1. The van der Waals surface area contributed by atoms with Crippen LogP contribution in [0.2, 0.25) is 0 Å². The van der Waals surface area contributed by atoms with Gasteiger partial charge in [0.25, 0.3) is 0 Å². The second-order valence-corrected chi connectivity index (χ2v) is 4.68. The Morgan fingerprint density at radius 3 is 2.21 bits per heavy atom. The molecule has 0 bridgehead atoms. The third-order valence-electron chi connectivity index (χ3n) is 3.07. The fraction of sp³-hybridized carbons (Fsp3) is 0.455. The SMILES string of the molecule is CC1(C)CC1c1ccc(N(N)O)cc1. The first-order chi connectivity index (χ1) is 6.50. The molecule has 1 saturated carbocycles. The summed E-state index contributed by atoms with van der Waals surface area (Å²) in [5.41, 5.74) is 2.40. The molecule has 0 saturated heterocycles. The van der Waals surface area contributed by atoms with Crippen LogP contribution < -0.4 is 11.0 Å². The second kappa shape index (κ2) is 2.97. The molecule has 3 heteroatoms. The van der Waals surface area contributed by atoms with Gasteiger partial charge in [-0.25, -0.2) is 5.84 Å². The fourth-order valence-electron chi connectivity index (χ4n) is 1.90. The van der Waals surface area contributed by atoms with Gasteiger partial charge in [-0.1, -0.05) is 26.0 Å². The van der Waals surface area contributed by atoms with Crippen LogP contribution in [0.1, 0.15) is 31.7 Å². The van der Waals surface area contributed by atoms with E-state index < -0.39 is 0 Å². The smallest absolute Gasteiger partial charge is 0.0818 e. The van der Waals surface area contributed by atoms with Crippen molar-refractivity contribution in [1.82, 2.24) is 0 Å². The predicted octanol–water partition coefficient (Wildman–Crippen LogP) is 2.27. The van der Waals surface area contributed by atoms with Gasteiger partial charge in [0.2, 0.25) is 0 Å². The molecule has 0 amide bonds. The van der Waals surface area contributed by atoms with E-state index in [1.54, 1.807) is 0 Å². The van der Waals surface area contributed by atoms with Crippen molar-refractivity contribution < 1.29 is 5.21 Å². The highest BCUT2D eigenvalue weighted by atomic mass is 16.5. The summed E-state index contributed by atoms with van der Waals surface area (Å²) < 4.78 is 0. The van der Waals surface area contributed by atoms with E-state index in [2.05, 4.69) is 13.8 Å². The Balaban J connectivity index is 2.16. The molecule has 1 unspecified atom stereocenters. The molecule has 0 spiro atoms. The highest BCUT2D eigenvalue weighted by Crippen LogP contribution is 2.58. The molecule has 0 heterocycles. The molecule has 2 rings (SSSR count). The summed E-state index contributed by atoms with van der Waals surface area (Å²) in [6, 6.07) is 7.74. The Bertz CT molecular complexity index is 330. The molecule has 1 atom stereocenters. The molecular formula is C11H16N2O. The van der Waals surface area contributed by atoms with Crippen molar-refractivity contribution >= 4 is 5.69 Å². The van der Waals surface area contributed by atoms with Crippen molar-refractivity contribution in [3.8, 4) is 0 Å². The van der Waals surface area contributed by atoms with Crippen LogP contribution in [-0.2, 0) is 0 Å². The average molecular weight is 192 g/mol. The van der Waals surface area contributed by atoms with Crippen LogP contribution >= 0.6 is 0 Å². The minimum atomic E-state index is 0.448. The molecule has 0 aliphatic heterocycles. The van der Waals surface area contributed by atoms with E-state index in [0.717, 1.165) is 0 Å². The number of nitrogens with two attached hydrogens (primary N) is 1. The third kappa shape index (κ3) is 1.61. The monoisotopic (exact) mass is 192 g/mol. The normalized spacial score (nSPS) is 23.3. The lowest BCUT2D eigenvalue weighted by Gasteiger charge is -2.10. The molecule has 1 aromatic carbocycles. The Kier molecular flexibility index (Phi) is 2.01. The number of hydrogen-bond donors (Lipinski definition) is 2. The van der Waals surface area contributed by atoms with Gasteiger partial charge in [0, 0.05) is 0 Å². The van der Waals surface area contributed by atoms with E-state index in [0.29, 0.717) is 22.2 Å². The van der Waals surface area contributed by atoms with Gasteiger partial charge in [-0.3, -0.25) is 5.21 Å². The van der Waals surface area contributed by atoms with Crippen LogP contribution in [0, 0.1) is 5.41 Å². The number of hydrogen-bond acceptors (Lipinski definition) is 3. The maximum Gasteiger partial charge on any atom is 0.0818 e. The van der Waals surface area contributed by atoms with E-state index in [9.17, 15) is 0 Å². The Hall–Kier alpha value is -1.06. The molecule has 3 N–H and O–H groups in total. The minimum absolute atomic E-state index is 0.448. The quantitative estimate of drug-likeness (QED) is 0.558. The summed E-state index contributed by atoms with van der Waals surface area (Å²) in [5.74, 6) is 5.87. The lowest BCUT2D eigenvalue weighted by Crippen LogP contribution is -2.25. The maximum atomic E-state index is 8.98. The van der Waals surface area contributed by atoms with Gasteiger partial charge in [0.05, 0.1) is 5.69 Å². The predicted molar refractivity (Wildman–Crippen MR) is 56.0 cm³/mol. The van der Waals surface area contributed by atoms with Gasteiger partial charge in [-0.05, 0) is 35.4 Å². The molecule has 1 aliphatic rings. The highest BCUT2D eigenvalue weighted by molar-refractivity contribution is 5.45. The highest BCUT2D eigenvalue weighted by Gasteiger charge is 2.46. The first kappa shape index (κ1) is 9.49. The van der Waals surface area contributed by atoms with Gasteiger partial charge in [0.15, 0.2) is 0 Å². The Morgan fingerprint density at radius 1 is 1.36 bits per heavy atom. The first-order valence-corrected chi connectivity index (χ1v) is 4.84. The Labute approximate surface area is 84.1 Å². The lowest BCUT2D eigenvalue weighted by molar-refractivity contribution is 0.258. The molecule has 1 fully saturated rings. The average Bonchev–Trinajstić information content (AvgIpc) is 2.75. The largest absolute Gasteiger partial charge is 0.273 e. The van der Waals surface area contributed by atoms with Crippen LogP contribution in [0.4, 0.5) is 5.69 Å². The lowest BCUT2D eigenvalue weighted by atomic mass is 10.0.